The number of hydrogen-bond donors (Lipinski definition) is 2. The quantitative estimate of drug-likeness (QED) is 0.640. The molecular formula is C13H14N6O. The third-order valence-electron chi connectivity index (χ3n) is 2.83. The Kier molecular flexibility index (Phi) is 3.98. The number of para-hydroxylation sites is 1. The van der Waals surface area contributed by atoms with Gasteiger partial charge in [-0.1, -0.05) is 12.1 Å². The standard InChI is InChI=1S/C13H14N6O/c1-19(10-6-4-3-5-9(10)7-14)13-11(20-2)12(18-15)16-8-17-13/h3-6,8H,15H2,1-2H3,(H,16,17,18). The van der Waals surface area contributed by atoms with Crippen LogP contribution < -0.4 is 20.9 Å². The Morgan fingerprint density at radius 1 is 1.35 bits per heavy atom. The van der Waals surface area contributed by atoms with E-state index in [-0.39, 0.29) is 0 Å². The Morgan fingerprint density at radius 3 is 2.75 bits per heavy atom. The highest BCUT2D eigenvalue weighted by Gasteiger charge is 2.18. The van der Waals surface area contributed by atoms with Gasteiger partial charge < -0.3 is 15.1 Å². The predicted molar refractivity (Wildman–Crippen MR) is 75.6 cm³/mol. The van der Waals surface area contributed by atoms with Gasteiger partial charge in [0.15, 0.2) is 11.6 Å². The summed E-state index contributed by atoms with van der Waals surface area (Å²) >= 11 is 0. The third kappa shape index (κ3) is 2.32. The van der Waals surface area contributed by atoms with E-state index in [0.29, 0.717) is 22.9 Å². The van der Waals surface area contributed by atoms with Crippen LogP contribution in [-0.2, 0) is 0 Å². The molecule has 20 heavy (non-hydrogen) atoms. The van der Waals surface area contributed by atoms with Gasteiger partial charge in [0.05, 0.1) is 18.4 Å². The van der Waals surface area contributed by atoms with E-state index < -0.39 is 0 Å². The fraction of sp³-hybridized carbons (Fsp3) is 0.154. The van der Waals surface area contributed by atoms with Crippen molar-refractivity contribution in [1.82, 2.24) is 9.97 Å². The largest absolute Gasteiger partial charge is 0.490 e. The first kappa shape index (κ1) is 13.6. The molecule has 1 aromatic carbocycles. The van der Waals surface area contributed by atoms with Gasteiger partial charge >= 0.3 is 0 Å². The molecule has 2 rings (SSSR count). The van der Waals surface area contributed by atoms with E-state index in [4.69, 9.17) is 15.8 Å². The van der Waals surface area contributed by atoms with Crippen LogP contribution in [0.2, 0.25) is 0 Å². The fourth-order valence-electron chi connectivity index (χ4n) is 1.87. The highest BCUT2D eigenvalue weighted by molar-refractivity contribution is 5.73. The predicted octanol–water partition coefficient (Wildman–Crippen LogP) is 1.41. The molecule has 0 saturated carbocycles. The first-order valence-corrected chi connectivity index (χ1v) is 5.81. The normalized spacial score (nSPS) is 9.70. The lowest BCUT2D eigenvalue weighted by molar-refractivity contribution is 0.414. The average molecular weight is 270 g/mol. The molecule has 102 valence electrons. The van der Waals surface area contributed by atoms with Crippen molar-refractivity contribution in [3.8, 4) is 11.8 Å². The van der Waals surface area contributed by atoms with Crippen LogP contribution in [0.3, 0.4) is 0 Å². The summed E-state index contributed by atoms with van der Waals surface area (Å²) in [5.41, 5.74) is 3.71. The van der Waals surface area contributed by atoms with Gasteiger partial charge in [-0.3, -0.25) is 0 Å². The van der Waals surface area contributed by atoms with Gasteiger partial charge in [-0.2, -0.15) is 5.26 Å². The van der Waals surface area contributed by atoms with Gasteiger partial charge in [0.1, 0.15) is 12.4 Å². The van der Waals surface area contributed by atoms with Gasteiger partial charge in [-0.15, -0.1) is 0 Å². The molecule has 0 atom stereocenters. The summed E-state index contributed by atoms with van der Waals surface area (Å²) in [6, 6.07) is 9.37. The number of nitrogen functional groups attached to an aromatic ring is 1. The van der Waals surface area contributed by atoms with Crippen molar-refractivity contribution in [2.45, 2.75) is 0 Å². The summed E-state index contributed by atoms with van der Waals surface area (Å²) in [4.78, 5) is 9.93. The second-order valence-corrected chi connectivity index (χ2v) is 3.91. The lowest BCUT2D eigenvalue weighted by Crippen LogP contribution is -2.17. The molecule has 0 bridgehead atoms. The summed E-state index contributed by atoms with van der Waals surface area (Å²) in [5.74, 6) is 6.69. The van der Waals surface area contributed by atoms with Crippen LogP contribution in [0.25, 0.3) is 0 Å². The fourth-order valence-corrected chi connectivity index (χ4v) is 1.87. The summed E-state index contributed by atoms with van der Waals surface area (Å²) in [6.07, 6.45) is 1.37. The van der Waals surface area contributed by atoms with Crippen molar-refractivity contribution < 1.29 is 4.74 Å². The van der Waals surface area contributed by atoms with E-state index in [1.165, 1.54) is 13.4 Å². The van der Waals surface area contributed by atoms with Crippen LogP contribution >= 0.6 is 0 Å². The molecule has 0 fully saturated rings. The minimum Gasteiger partial charge on any atom is -0.490 e. The van der Waals surface area contributed by atoms with Crippen molar-refractivity contribution in [3.63, 3.8) is 0 Å². The van der Waals surface area contributed by atoms with Crippen LogP contribution in [0, 0.1) is 11.3 Å². The van der Waals surface area contributed by atoms with Gasteiger partial charge in [0.2, 0.25) is 5.75 Å². The number of anilines is 3. The maximum absolute atomic E-state index is 9.17. The second kappa shape index (κ2) is 5.86. The van der Waals surface area contributed by atoms with Gasteiger partial charge in [-0.25, -0.2) is 15.8 Å². The van der Waals surface area contributed by atoms with E-state index in [1.807, 2.05) is 12.1 Å². The highest BCUT2D eigenvalue weighted by Crippen LogP contribution is 2.35. The molecule has 0 spiro atoms. The minimum atomic E-state index is 0.374. The molecule has 0 unspecified atom stereocenters. The molecule has 0 aliphatic heterocycles. The molecule has 1 aromatic heterocycles. The molecule has 0 aliphatic carbocycles. The Labute approximate surface area is 116 Å². The lowest BCUT2D eigenvalue weighted by atomic mass is 10.2. The van der Waals surface area contributed by atoms with Crippen molar-refractivity contribution in [2.24, 2.45) is 5.84 Å². The summed E-state index contributed by atoms with van der Waals surface area (Å²) in [6.45, 7) is 0. The molecule has 7 nitrogen and oxygen atoms in total. The molecule has 0 saturated heterocycles. The number of benzene rings is 1. The zero-order chi connectivity index (χ0) is 14.5. The number of aromatic nitrogens is 2. The van der Waals surface area contributed by atoms with E-state index in [1.54, 1.807) is 24.1 Å². The molecule has 1 heterocycles. The van der Waals surface area contributed by atoms with E-state index >= 15 is 0 Å². The number of nitrogens with two attached hydrogens (primary N) is 1. The van der Waals surface area contributed by atoms with E-state index in [0.717, 1.165) is 5.69 Å². The number of nitrogens with one attached hydrogen (secondary N) is 1. The van der Waals surface area contributed by atoms with Crippen LogP contribution in [0.1, 0.15) is 5.56 Å². The van der Waals surface area contributed by atoms with Crippen LogP contribution in [-0.4, -0.2) is 24.1 Å². The molecule has 0 amide bonds. The molecule has 2 aromatic rings. The number of methoxy groups -OCH3 is 1. The van der Waals surface area contributed by atoms with E-state index in [2.05, 4.69) is 21.5 Å². The van der Waals surface area contributed by atoms with Gasteiger partial charge in [0, 0.05) is 7.05 Å². The van der Waals surface area contributed by atoms with Crippen LogP contribution in [0.15, 0.2) is 30.6 Å². The van der Waals surface area contributed by atoms with Crippen molar-refractivity contribution in [1.29, 1.82) is 5.26 Å². The zero-order valence-electron chi connectivity index (χ0n) is 11.2. The Balaban J connectivity index is 2.54. The zero-order valence-corrected chi connectivity index (χ0v) is 11.2. The van der Waals surface area contributed by atoms with Gasteiger partial charge in [0.25, 0.3) is 0 Å². The number of rotatable bonds is 4. The topological polar surface area (TPSA) is 100 Å². The number of nitriles is 1. The maximum Gasteiger partial charge on any atom is 0.206 e. The monoisotopic (exact) mass is 270 g/mol. The van der Waals surface area contributed by atoms with Crippen LogP contribution in [0.5, 0.6) is 5.75 Å². The van der Waals surface area contributed by atoms with Crippen molar-refractivity contribution >= 4 is 17.3 Å². The smallest absolute Gasteiger partial charge is 0.206 e. The number of hydrogen-bond acceptors (Lipinski definition) is 7. The lowest BCUT2D eigenvalue weighted by Gasteiger charge is -2.22. The number of hydrazine groups is 1. The van der Waals surface area contributed by atoms with Crippen molar-refractivity contribution in [3.05, 3.63) is 36.2 Å². The van der Waals surface area contributed by atoms with Crippen molar-refractivity contribution in [2.75, 3.05) is 24.5 Å². The third-order valence-corrected chi connectivity index (χ3v) is 2.83. The number of nitrogens with zero attached hydrogens (tertiary/aromatic N) is 4. The minimum absolute atomic E-state index is 0.374. The maximum atomic E-state index is 9.17. The SMILES string of the molecule is COc1c(NN)ncnc1N(C)c1ccccc1C#N. The molecule has 7 heteroatoms. The van der Waals surface area contributed by atoms with Gasteiger partial charge in [-0.05, 0) is 12.1 Å². The summed E-state index contributed by atoms with van der Waals surface area (Å²) in [5, 5.41) is 9.17. The molecule has 0 radical (unpaired) electrons. The summed E-state index contributed by atoms with van der Waals surface area (Å²) in [7, 11) is 3.30. The molecular weight excluding hydrogens is 256 g/mol. The first-order valence-electron chi connectivity index (χ1n) is 5.81. The molecule has 3 N–H and O–H groups in total. The number of ether oxygens (including phenoxy) is 1. The van der Waals surface area contributed by atoms with Crippen LogP contribution in [0.4, 0.5) is 17.3 Å². The summed E-state index contributed by atoms with van der Waals surface area (Å²) < 4.78 is 5.29. The Hall–Kier alpha value is -2.85. The van der Waals surface area contributed by atoms with E-state index in [9.17, 15) is 0 Å². The Morgan fingerprint density at radius 2 is 2.10 bits per heavy atom. The average Bonchev–Trinajstić information content (AvgIpc) is 2.53. The Bertz CT molecular complexity index is 652. The highest BCUT2D eigenvalue weighted by atomic mass is 16.5. The second-order valence-electron chi connectivity index (χ2n) is 3.91. The molecule has 0 aliphatic rings. The first-order chi connectivity index (χ1) is 9.72.